The lowest BCUT2D eigenvalue weighted by atomic mass is 10.1. The summed E-state index contributed by atoms with van der Waals surface area (Å²) in [4.78, 5) is 35.7. The zero-order chi connectivity index (χ0) is 23.1. The van der Waals surface area contributed by atoms with E-state index < -0.39 is 5.60 Å². The van der Waals surface area contributed by atoms with Crippen molar-refractivity contribution in [3.05, 3.63) is 71.7 Å². The van der Waals surface area contributed by atoms with Crippen molar-refractivity contribution >= 4 is 22.9 Å². The van der Waals surface area contributed by atoms with Crippen LogP contribution in [0.1, 0.15) is 48.8 Å². The highest BCUT2D eigenvalue weighted by Gasteiger charge is 2.22. The van der Waals surface area contributed by atoms with Crippen LogP contribution in [0.3, 0.4) is 0 Å². The summed E-state index contributed by atoms with van der Waals surface area (Å²) in [6, 6.07) is 13.2. The number of carbonyl (C=O) groups excluding carboxylic acids is 2. The minimum Gasteiger partial charge on any atom is -0.444 e. The van der Waals surface area contributed by atoms with Crippen molar-refractivity contribution in [1.29, 1.82) is 0 Å². The predicted molar refractivity (Wildman–Crippen MR) is 124 cm³/mol. The Bertz CT molecular complexity index is 1080. The van der Waals surface area contributed by atoms with Crippen LogP contribution >= 0.6 is 0 Å². The van der Waals surface area contributed by atoms with E-state index in [4.69, 9.17) is 4.74 Å². The van der Waals surface area contributed by atoms with Gasteiger partial charge in [-0.3, -0.25) is 14.8 Å². The van der Waals surface area contributed by atoms with Crippen molar-refractivity contribution < 1.29 is 14.3 Å². The normalized spacial score (nSPS) is 11.2. The SMILES string of the molecule is Cc1cc(C(=O)NCCCN(Cc2cccnc2)C(=O)OC(C)(C)C)c2ccccc2n1. The van der Waals surface area contributed by atoms with Gasteiger partial charge in [0.2, 0.25) is 0 Å². The molecular formula is C25H30N4O3. The number of benzene rings is 1. The average molecular weight is 435 g/mol. The molecule has 0 aliphatic rings. The molecule has 0 radical (unpaired) electrons. The molecule has 3 aromatic rings. The van der Waals surface area contributed by atoms with E-state index in [0.29, 0.717) is 31.6 Å². The second kappa shape index (κ2) is 10.2. The molecule has 1 N–H and O–H groups in total. The van der Waals surface area contributed by atoms with E-state index in [-0.39, 0.29) is 12.0 Å². The highest BCUT2D eigenvalue weighted by atomic mass is 16.6. The fraction of sp³-hybridized carbons (Fsp3) is 0.360. The lowest BCUT2D eigenvalue weighted by Crippen LogP contribution is -2.38. The molecule has 0 aliphatic heterocycles. The van der Waals surface area contributed by atoms with Gasteiger partial charge in [0, 0.05) is 36.6 Å². The van der Waals surface area contributed by atoms with Gasteiger partial charge in [-0.1, -0.05) is 24.3 Å². The van der Waals surface area contributed by atoms with Crippen LogP contribution in [-0.4, -0.2) is 45.6 Å². The number of hydrogen-bond acceptors (Lipinski definition) is 5. The molecule has 7 heteroatoms. The summed E-state index contributed by atoms with van der Waals surface area (Å²) in [6.45, 7) is 8.67. The fourth-order valence-corrected chi connectivity index (χ4v) is 3.34. The smallest absolute Gasteiger partial charge is 0.410 e. The zero-order valence-electron chi connectivity index (χ0n) is 19.1. The van der Waals surface area contributed by atoms with Crippen molar-refractivity contribution in [3.63, 3.8) is 0 Å². The number of amides is 2. The maximum absolute atomic E-state index is 12.8. The lowest BCUT2D eigenvalue weighted by molar-refractivity contribution is 0.0232. The van der Waals surface area contributed by atoms with Crippen LogP contribution in [0.5, 0.6) is 0 Å². The van der Waals surface area contributed by atoms with E-state index in [0.717, 1.165) is 22.2 Å². The standard InChI is InChI=1S/C25H30N4O3/c1-18-15-21(20-10-5-6-11-22(20)28-18)23(30)27-13-8-14-29(24(31)32-25(2,3)4)17-19-9-7-12-26-16-19/h5-7,9-12,15-16H,8,13-14,17H2,1-4H3,(H,27,30). The Balaban J connectivity index is 1.62. The lowest BCUT2D eigenvalue weighted by Gasteiger charge is -2.27. The number of aryl methyl sites for hydroxylation is 1. The Morgan fingerprint density at radius 2 is 1.91 bits per heavy atom. The van der Waals surface area contributed by atoms with Gasteiger partial charge in [0.05, 0.1) is 17.6 Å². The highest BCUT2D eigenvalue weighted by molar-refractivity contribution is 6.06. The number of fused-ring (bicyclic) bond motifs is 1. The first-order valence-electron chi connectivity index (χ1n) is 10.7. The van der Waals surface area contributed by atoms with Gasteiger partial charge in [0.25, 0.3) is 5.91 Å². The Kier molecular flexibility index (Phi) is 7.41. The first-order valence-corrected chi connectivity index (χ1v) is 10.7. The van der Waals surface area contributed by atoms with Crippen molar-refractivity contribution in [1.82, 2.24) is 20.2 Å². The van der Waals surface area contributed by atoms with Crippen molar-refractivity contribution in [2.75, 3.05) is 13.1 Å². The molecule has 0 spiro atoms. The second-order valence-electron chi connectivity index (χ2n) is 8.70. The number of nitrogens with zero attached hydrogens (tertiary/aromatic N) is 3. The number of aromatic nitrogens is 2. The van der Waals surface area contributed by atoms with Crippen LogP contribution in [0.4, 0.5) is 4.79 Å². The van der Waals surface area contributed by atoms with Crippen LogP contribution in [0.2, 0.25) is 0 Å². The van der Waals surface area contributed by atoms with Gasteiger partial charge in [0.15, 0.2) is 0 Å². The molecule has 0 saturated carbocycles. The molecular weight excluding hydrogens is 404 g/mol. The van der Waals surface area contributed by atoms with Crippen molar-refractivity contribution in [2.45, 2.75) is 46.3 Å². The van der Waals surface area contributed by atoms with E-state index in [2.05, 4.69) is 15.3 Å². The van der Waals surface area contributed by atoms with Crippen molar-refractivity contribution in [2.24, 2.45) is 0 Å². The number of hydrogen-bond donors (Lipinski definition) is 1. The summed E-state index contributed by atoms with van der Waals surface area (Å²) in [5.74, 6) is -0.150. The molecule has 0 bridgehead atoms. The van der Waals surface area contributed by atoms with Crippen molar-refractivity contribution in [3.8, 4) is 0 Å². The molecule has 3 rings (SSSR count). The molecule has 7 nitrogen and oxygen atoms in total. The van der Waals surface area contributed by atoms with Crippen LogP contribution in [0.25, 0.3) is 10.9 Å². The van der Waals surface area contributed by atoms with E-state index in [1.54, 1.807) is 23.4 Å². The Hall–Kier alpha value is -3.48. The van der Waals surface area contributed by atoms with E-state index in [9.17, 15) is 9.59 Å². The first kappa shape index (κ1) is 23.2. The fourth-order valence-electron chi connectivity index (χ4n) is 3.34. The monoisotopic (exact) mass is 434 g/mol. The number of rotatable bonds is 7. The van der Waals surface area contributed by atoms with Gasteiger partial charge >= 0.3 is 6.09 Å². The molecule has 1 aromatic carbocycles. The topological polar surface area (TPSA) is 84.4 Å². The van der Waals surface area contributed by atoms with E-state index in [1.165, 1.54) is 0 Å². The maximum atomic E-state index is 12.8. The van der Waals surface area contributed by atoms with Crippen LogP contribution in [0.15, 0.2) is 54.9 Å². The number of ether oxygens (including phenoxy) is 1. The van der Waals surface area contributed by atoms with Crippen LogP contribution in [0, 0.1) is 6.92 Å². The van der Waals surface area contributed by atoms with E-state index in [1.807, 2.05) is 64.1 Å². The summed E-state index contributed by atoms with van der Waals surface area (Å²) >= 11 is 0. The van der Waals surface area contributed by atoms with Crippen LogP contribution in [-0.2, 0) is 11.3 Å². The molecule has 0 atom stereocenters. The van der Waals surface area contributed by atoms with Crippen LogP contribution < -0.4 is 5.32 Å². The zero-order valence-corrected chi connectivity index (χ0v) is 19.1. The second-order valence-corrected chi connectivity index (χ2v) is 8.70. The quantitative estimate of drug-likeness (QED) is 0.554. The predicted octanol–water partition coefficient (Wildman–Crippen LogP) is 4.50. The highest BCUT2D eigenvalue weighted by Crippen LogP contribution is 2.18. The molecule has 0 unspecified atom stereocenters. The Morgan fingerprint density at radius 1 is 1.12 bits per heavy atom. The first-order chi connectivity index (χ1) is 15.2. The summed E-state index contributed by atoms with van der Waals surface area (Å²) in [5, 5.41) is 3.79. The summed E-state index contributed by atoms with van der Waals surface area (Å²) in [6.07, 6.45) is 3.63. The number of para-hydroxylation sites is 1. The van der Waals surface area contributed by atoms with Gasteiger partial charge < -0.3 is 15.0 Å². The molecule has 32 heavy (non-hydrogen) atoms. The number of carbonyl (C=O) groups is 2. The summed E-state index contributed by atoms with van der Waals surface area (Å²) < 4.78 is 5.55. The van der Waals surface area contributed by atoms with Gasteiger partial charge in [-0.25, -0.2) is 4.79 Å². The third-order valence-electron chi connectivity index (χ3n) is 4.73. The molecule has 2 aromatic heterocycles. The third-order valence-corrected chi connectivity index (χ3v) is 4.73. The third kappa shape index (κ3) is 6.51. The number of nitrogens with one attached hydrogen (secondary N) is 1. The molecule has 2 amide bonds. The Labute approximate surface area is 188 Å². The molecule has 0 aliphatic carbocycles. The molecule has 2 heterocycles. The average Bonchev–Trinajstić information content (AvgIpc) is 2.74. The molecule has 0 saturated heterocycles. The maximum Gasteiger partial charge on any atom is 0.410 e. The summed E-state index contributed by atoms with van der Waals surface area (Å²) in [7, 11) is 0. The Morgan fingerprint density at radius 3 is 2.62 bits per heavy atom. The number of pyridine rings is 2. The summed E-state index contributed by atoms with van der Waals surface area (Å²) in [5.41, 5.74) is 2.53. The van der Waals surface area contributed by atoms with Gasteiger partial charge in [-0.2, -0.15) is 0 Å². The van der Waals surface area contributed by atoms with Gasteiger partial charge in [-0.15, -0.1) is 0 Å². The minimum absolute atomic E-state index is 0.150. The van der Waals surface area contributed by atoms with Gasteiger partial charge in [-0.05, 0) is 57.9 Å². The minimum atomic E-state index is -0.585. The largest absolute Gasteiger partial charge is 0.444 e. The van der Waals surface area contributed by atoms with Gasteiger partial charge in [0.1, 0.15) is 5.60 Å². The van der Waals surface area contributed by atoms with E-state index >= 15 is 0 Å². The molecule has 168 valence electrons. The molecule has 0 fully saturated rings.